The quantitative estimate of drug-likeness (QED) is 0.606. The number of nitrogens with zero attached hydrogens (tertiary/aromatic N) is 1. The number of halogens is 2. The van der Waals surface area contributed by atoms with Crippen molar-refractivity contribution in [1.29, 1.82) is 0 Å². The van der Waals surface area contributed by atoms with Crippen molar-refractivity contribution in [3.63, 3.8) is 0 Å². The summed E-state index contributed by atoms with van der Waals surface area (Å²) in [5, 5.41) is 7.18. The van der Waals surface area contributed by atoms with Gasteiger partial charge in [-0.3, -0.25) is 9.59 Å². The third kappa shape index (κ3) is 3.44. The molecule has 150 valence electrons. The van der Waals surface area contributed by atoms with Crippen LogP contribution in [0.2, 0.25) is 10.0 Å². The molecule has 1 atom stereocenters. The molecule has 0 aliphatic carbocycles. The fourth-order valence-corrected chi connectivity index (χ4v) is 4.72. The number of rotatable bonds is 4. The Bertz CT molecular complexity index is 1180. The minimum absolute atomic E-state index is 0.146. The number of nitrogens with one attached hydrogen (secondary N) is 2. The second-order valence-electron chi connectivity index (χ2n) is 7.56. The average molecular weight is 430 g/mol. The van der Waals surface area contributed by atoms with Crippen molar-refractivity contribution in [3.05, 3.63) is 83.1 Å². The third-order valence-corrected chi connectivity index (χ3v) is 6.12. The van der Waals surface area contributed by atoms with Crippen LogP contribution in [0.3, 0.4) is 0 Å². The van der Waals surface area contributed by atoms with Crippen LogP contribution in [0.1, 0.15) is 28.2 Å². The molecule has 0 aromatic heterocycles. The molecule has 0 bridgehead atoms. The zero-order chi connectivity index (χ0) is 20.9. The van der Waals surface area contributed by atoms with E-state index in [4.69, 9.17) is 23.2 Å². The Hall–Kier alpha value is -2.34. The van der Waals surface area contributed by atoms with Gasteiger partial charge in [0.1, 0.15) is 11.4 Å². The molecule has 1 unspecified atom stereocenters. The van der Waals surface area contributed by atoms with E-state index in [0.717, 1.165) is 35.5 Å². The minimum Gasteiger partial charge on any atom is -0.383 e. The SMILES string of the molecule is CNc1c(Nc2ccc(C3CN(C)Cc4c(Cl)cc(Cl)cc43)c(C)c2)c(=O)c1=O. The van der Waals surface area contributed by atoms with E-state index in [0.29, 0.717) is 21.4 Å². The van der Waals surface area contributed by atoms with E-state index in [1.54, 1.807) is 13.1 Å². The topological polar surface area (TPSA) is 61.4 Å². The van der Waals surface area contributed by atoms with Crippen LogP contribution in [0.25, 0.3) is 0 Å². The average Bonchev–Trinajstić information content (AvgIpc) is 2.68. The second-order valence-corrected chi connectivity index (χ2v) is 8.40. The van der Waals surface area contributed by atoms with Crippen LogP contribution in [0, 0.1) is 6.92 Å². The maximum absolute atomic E-state index is 11.8. The van der Waals surface area contributed by atoms with E-state index < -0.39 is 10.9 Å². The molecule has 2 N–H and O–H groups in total. The first-order valence-electron chi connectivity index (χ1n) is 9.35. The normalized spacial score (nSPS) is 16.7. The molecule has 3 aromatic rings. The van der Waals surface area contributed by atoms with Gasteiger partial charge in [0.15, 0.2) is 0 Å². The van der Waals surface area contributed by atoms with Gasteiger partial charge in [-0.15, -0.1) is 0 Å². The van der Waals surface area contributed by atoms with Crippen molar-refractivity contribution in [1.82, 2.24) is 4.90 Å². The van der Waals surface area contributed by atoms with Gasteiger partial charge in [0.05, 0.1) is 0 Å². The van der Waals surface area contributed by atoms with Crippen molar-refractivity contribution in [2.45, 2.75) is 19.4 Å². The molecular weight excluding hydrogens is 409 g/mol. The standard InChI is InChI=1S/C22H21Cl2N3O2/c1-11-6-13(26-20-19(25-2)21(28)22(20)29)4-5-14(11)16-9-27(3)10-17-15(16)7-12(23)8-18(17)24/h4-8,16,25-26H,9-10H2,1-3H3. The Kier molecular flexibility index (Phi) is 5.15. The van der Waals surface area contributed by atoms with E-state index in [2.05, 4.69) is 28.6 Å². The Labute approximate surface area is 178 Å². The van der Waals surface area contributed by atoms with Crippen LogP contribution < -0.4 is 21.5 Å². The Morgan fingerprint density at radius 2 is 1.76 bits per heavy atom. The Balaban J connectivity index is 1.70. The lowest BCUT2D eigenvalue weighted by Crippen LogP contribution is -2.35. The summed E-state index contributed by atoms with van der Waals surface area (Å²) in [6, 6.07) is 9.78. The van der Waals surface area contributed by atoms with Crippen LogP contribution >= 0.6 is 23.2 Å². The van der Waals surface area contributed by atoms with Crippen molar-refractivity contribution in [3.8, 4) is 0 Å². The Morgan fingerprint density at radius 3 is 2.45 bits per heavy atom. The highest BCUT2D eigenvalue weighted by atomic mass is 35.5. The summed E-state index contributed by atoms with van der Waals surface area (Å²) < 4.78 is 0. The first kappa shape index (κ1) is 20.0. The number of hydrogen-bond acceptors (Lipinski definition) is 5. The summed E-state index contributed by atoms with van der Waals surface area (Å²) in [6.07, 6.45) is 0. The summed E-state index contributed by atoms with van der Waals surface area (Å²) in [4.78, 5) is 25.7. The molecule has 29 heavy (non-hydrogen) atoms. The lowest BCUT2D eigenvalue weighted by atomic mass is 9.83. The Morgan fingerprint density at radius 1 is 1.03 bits per heavy atom. The number of benzene rings is 2. The second kappa shape index (κ2) is 7.48. The number of aryl methyl sites for hydroxylation is 1. The van der Waals surface area contributed by atoms with Gasteiger partial charge in [0.25, 0.3) is 10.9 Å². The van der Waals surface area contributed by atoms with Crippen LogP contribution in [0.4, 0.5) is 17.1 Å². The molecule has 0 saturated carbocycles. The summed E-state index contributed by atoms with van der Waals surface area (Å²) >= 11 is 12.8. The molecular formula is C22H21Cl2N3O2. The third-order valence-electron chi connectivity index (χ3n) is 5.57. The number of likely N-dealkylation sites (N-methyl/N-ethyl adjacent to an activating group) is 1. The highest BCUT2D eigenvalue weighted by molar-refractivity contribution is 6.35. The molecule has 0 saturated heterocycles. The number of hydrogen-bond donors (Lipinski definition) is 2. The van der Waals surface area contributed by atoms with E-state index in [-0.39, 0.29) is 5.92 Å². The summed E-state index contributed by atoms with van der Waals surface area (Å²) in [7, 11) is 3.71. The van der Waals surface area contributed by atoms with Gasteiger partial charge < -0.3 is 15.5 Å². The van der Waals surface area contributed by atoms with Gasteiger partial charge in [0.2, 0.25) is 0 Å². The predicted molar refractivity (Wildman–Crippen MR) is 120 cm³/mol. The van der Waals surface area contributed by atoms with Crippen LogP contribution in [0.15, 0.2) is 39.9 Å². The van der Waals surface area contributed by atoms with Crippen LogP contribution in [0.5, 0.6) is 0 Å². The monoisotopic (exact) mass is 429 g/mol. The molecule has 1 heterocycles. The minimum atomic E-state index is -0.497. The number of anilines is 3. The first-order chi connectivity index (χ1) is 13.8. The largest absolute Gasteiger partial charge is 0.383 e. The highest BCUT2D eigenvalue weighted by Gasteiger charge is 2.28. The van der Waals surface area contributed by atoms with Crippen LogP contribution in [-0.4, -0.2) is 25.5 Å². The maximum atomic E-state index is 11.8. The highest BCUT2D eigenvalue weighted by Crippen LogP contribution is 2.39. The lowest BCUT2D eigenvalue weighted by Gasteiger charge is -2.34. The van der Waals surface area contributed by atoms with Gasteiger partial charge in [-0.25, -0.2) is 0 Å². The van der Waals surface area contributed by atoms with E-state index in [1.165, 1.54) is 5.56 Å². The molecule has 0 fully saturated rings. The molecule has 3 aromatic carbocycles. The smallest absolute Gasteiger partial charge is 0.253 e. The van der Waals surface area contributed by atoms with Crippen LogP contribution in [-0.2, 0) is 6.54 Å². The molecule has 5 nitrogen and oxygen atoms in total. The fourth-order valence-electron chi connectivity index (χ4n) is 4.15. The van der Waals surface area contributed by atoms with Gasteiger partial charge >= 0.3 is 0 Å². The van der Waals surface area contributed by atoms with Gasteiger partial charge in [-0.2, -0.15) is 0 Å². The van der Waals surface area contributed by atoms with Crippen molar-refractivity contribution in [2.75, 3.05) is 31.3 Å². The molecule has 0 spiro atoms. The summed E-state index contributed by atoms with van der Waals surface area (Å²) in [5.41, 5.74) is 4.95. The molecule has 4 rings (SSSR count). The fraction of sp³-hybridized carbons (Fsp3) is 0.273. The van der Waals surface area contributed by atoms with Crippen molar-refractivity contribution >= 4 is 40.3 Å². The van der Waals surface area contributed by atoms with E-state index >= 15 is 0 Å². The number of fused-ring (bicyclic) bond motifs is 1. The van der Waals surface area contributed by atoms with Gasteiger partial charge in [0, 0.05) is 41.8 Å². The zero-order valence-electron chi connectivity index (χ0n) is 16.4. The van der Waals surface area contributed by atoms with E-state index in [9.17, 15) is 9.59 Å². The predicted octanol–water partition coefficient (Wildman–Crippen LogP) is 4.26. The lowest BCUT2D eigenvalue weighted by molar-refractivity contribution is 0.295. The summed E-state index contributed by atoms with van der Waals surface area (Å²) in [5.74, 6) is 0.146. The van der Waals surface area contributed by atoms with Gasteiger partial charge in [-0.05, 0) is 60.5 Å². The molecule has 1 aliphatic rings. The molecule has 0 radical (unpaired) electrons. The first-order valence-corrected chi connectivity index (χ1v) is 10.1. The molecule has 0 amide bonds. The molecule has 1 aliphatic heterocycles. The molecule has 7 heteroatoms. The maximum Gasteiger partial charge on any atom is 0.253 e. The van der Waals surface area contributed by atoms with E-state index in [1.807, 2.05) is 25.1 Å². The van der Waals surface area contributed by atoms with Crippen molar-refractivity contribution in [2.24, 2.45) is 0 Å². The van der Waals surface area contributed by atoms with Gasteiger partial charge in [-0.1, -0.05) is 29.3 Å². The summed E-state index contributed by atoms with van der Waals surface area (Å²) in [6.45, 7) is 3.69. The van der Waals surface area contributed by atoms with Crippen molar-refractivity contribution < 1.29 is 0 Å². The zero-order valence-corrected chi connectivity index (χ0v) is 17.9.